The topological polar surface area (TPSA) is 68.0 Å². The lowest BCUT2D eigenvalue weighted by Crippen LogP contribution is -2.03. The van der Waals surface area contributed by atoms with E-state index in [9.17, 15) is 4.79 Å². The van der Waals surface area contributed by atoms with Gasteiger partial charge >= 0.3 is 5.97 Å². The first kappa shape index (κ1) is 10.7. The van der Waals surface area contributed by atoms with Crippen LogP contribution in [0.1, 0.15) is 38.3 Å². The predicted octanol–water partition coefficient (Wildman–Crippen LogP) is 1.51. The number of aromatic nitrogens is 3. The molecule has 17 heavy (non-hydrogen) atoms. The van der Waals surface area contributed by atoms with Gasteiger partial charge in [0.05, 0.1) is 11.6 Å². The van der Waals surface area contributed by atoms with E-state index in [-0.39, 0.29) is 17.3 Å². The Morgan fingerprint density at radius 2 is 2.29 bits per heavy atom. The number of carboxylic acid groups (broad SMARTS) is 1. The third-order valence-electron chi connectivity index (χ3n) is 4.11. The maximum Gasteiger partial charge on any atom is 0.307 e. The second-order valence-corrected chi connectivity index (χ2v) is 5.92. The summed E-state index contributed by atoms with van der Waals surface area (Å²) in [6.07, 6.45) is 4.48. The Kier molecular flexibility index (Phi) is 2.09. The molecule has 0 spiro atoms. The molecule has 0 bridgehead atoms. The SMILES string of the molecule is CC1(C)[C@H](C(=O)O)[C@H]1c1cn(CC2CC2)nn1. The van der Waals surface area contributed by atoms with Crippen molar-refractivity contribution in [3.63, 3.8) is 0 Å². The number of hydrogen-bond acceptors (Lipinski definition) is 3. The molecule has 0 unspecified atom stereocenters. The largest absolute Gasteiger partial charge is 0.481 e. The summed E-state index contributed by atoms with van der Waals surface area (Å²) in [5, 5.41) is 17.4. The highest BCUT2D eigenvalue weighted by atomic mass is 16.4. The van der Waals surface area contributed by atoms with Crippen molar-refractivity contribution >= 4 is 5.97 Å². The smallest absolute Gasteiger partial charge is 0.307 e. The summed E-state index contributed by atoms with van der Waals surface area (Å²) in [5.74, 6) is -0.259. The standard InChI is InChI=1S/C12H17N3O2/c1-12(2)9(10(12)11(16)17)8-6-15(14-13-8)5-7-3-4-7/h6-7,9-10H,3-5H2,1-2H3,(H,16,17)/t9-,10+/m1/s1. The van der Waals surface area contributed by atoms with Gasteiger partial charge in [-0.3, -0.25) is 9.48 Å². The lowest BCUT2D eigenvalue weighted by molar-refractivity contribution is -0.139. The highest BCUT2D eigenvalue weighted by Crippen LogP contribution is 2.63. The Bertz CT molecular complexity index is 462. The molecule has 0 aromatic carbocycles. The van der Waals surface area contributed by atoms with Crippen molar-refractivity contribution in [1.29, 1.82) is 0 Å². The van der Waals surface area contributed by atoms with Crippen LogP contribution in [0.3, 0.4) is 0 Å². The molecule has 2 aliphatic rings. The first-order valence-electron chi connectivity index (χ1n) is 6.13. The molecule has 2 fully saturated rings. The van der Waals surface area contributed by atoms with E-state index in [1.54, 1.807) is 0 Å². The van der Waals surface area contributed by atoms with E-state index in [0.29, 0.717) is 0 Å². The Balaban J connectivity index is 1.76. The molecule has 1 aromatic rings. The predicted molar refractivity (Wildman–Crippen MR) is 60.4 cm³/mol. The van der Waals surface area contributed by atoms with Gasteiger partial charge in [-0.25, -0.2) is 0 Å². The molecule has 1 heterocycles. The molecule has 92 valence electrons. The van der Waals surface area contributed by atoms with E-state index in [1.165, 1.54) is 12.8 Å². The van der Waals surface area contributed by atoms with E-state index in [1.807, 2.05) is 24.7 Å². The van der Waals surface area contributed by atoms with Crippen molar-refractivity contribution in [2.75, 3.05) is 0 Å². The second kappa shape index (κ2) is 3.31. The summed E-state index contributed by atoms with van der Waals surface area (Å²) < 4.78 is 1.86. The van der Waals surface area contributed by atoms with Gasteiger partial charge in [-0.15, -0.1) is 5.10 Å². The maximum atomic E-state index is 11.1. The minimum atomic E-state index is -0.725. The molecule has 5 nitrogen and oxygen atoms in total. The zero-order chi connectivity index (χ0) is 12.2. The Morgan fingerprint density at radius 1 is 1.59 bits per heavy atom. The molecule has 1 aromatic heterocycles. The van der Waals surface area contributed by atoms with Crippen LogP contribution in [-0.4, -0.2) is 26.1 Å². The van der Waals surface area contributed by atoms with Crippen LogP contribution in [-0.2, 0) is 11.3 Å². The fourth-order valence-electron chi connectivity index (χ4n) is 2.76. The summed E-state index contributed by atoms with van der Waals surface area (Å²) in [6.45, 7) is 4.89. The zero-order valence-electron chi connectivity index (χ0n) is 10.1. The van der Waals surface area contributed by atoms with Gasteiger partial charge in [0.15, 0.2) is 0 Å². The van der Waals surface area contributed by atoms with Crippen LogP contribution in [0.15, 0.2) is 6.20 Å². The molecule has 5 heteroatoms. The molecular weight excluding hydrogens is 218 g/mol. The Hall–Kier alpha value is -1.39. The molecule has 0 radical (unpaired) electrons. The van der Waals surface area contributed by atoms with Gasteiger partial charge in [0.1, 0.15) is 0 Å². The number of hydrogen-bond donors (Lipinski definition) is 1. The first-order chi connectivity index (χ1) is 8.00. The van der Waals surface area contributed by atoms with Crippen LogP contribution in [0.4, 0.5) is 0 Å². The summed E-state index contributed by atoms with van der Waals surface area (Å²) in [7, 11) is 0. The van der Waals surface area contributed by atoms with Crippen molar-refractivity contribution < 1.29 is 9.90 Å². The fraction of sp³-hybridized carbons (Fsp3) is 0.750. The van der Waals surface area contributed by atoms with E-state index in [0.717, 1.165) is 18.2 Å². The molecule has 0 saturated heterocycles. The van der Waals surface area contributed by atoms with Crippen LogP contribution in [0.5, 0.6) is 0 Å². The highest BCUT2D eigenvalue weighted by Gasteiger charge is 2.64. The number of aliphatic carboxylic acids is 1. The maximum absolute atomic E-state index is 11.1. The molecule has 2 aliphatic carbocycles. The summed E-state index contributed by atoms with van der Waals surface area (Å²) in [6, 6.07) is 0. The van der Waals surface area contributed by atoms with Gasteiger partial charge in [0, 0.05) is 18.7 Å². The van der Waals surface area contributed by atoms with E-state index >= 15 is 0 Å². The first-order valence-corrected chi connectivity index (χ1v) is 6.13. The molecule has 0 amide bonds. The number of rotatable bonds is 4. The van der Waals surface area contributed by atoms with Gasteiger partial charge in [0.2, 0.25) is 0 Å². The summed E-state index contributed by atoms with van der Waals surface area (Å²) in [5.41, 5.74) is 0.648. The van der Waals surface area contributed by atoms with Gasteiger partial charge in [-0.2, -0.15) is 0 Å². The quantitative estimate of drug-likeness (QED) is 0.859. The zero-order valence-corrected chi connectivity index (χ0v) is 10.1. The van der Waals surface area contributed by atoms with Crippen molar-refractivity contribution in [3.8, 4) is 0 Å². The van der Waals surface area contributed by atoms with E-state index in [2.05, 4.69) is 10.3 Å². The van der Waals surface area contributed by atoms with Crippen LogP contribution in [0, 0.1) is 17.3 Å². The number of carbonyl (C=O) groups is 1. The van der Waals surface area contributed by atoms with Crippen molar-refractivity contribution in [3.05, 3.63) is 11.9 Å². The van der Waals surface area contributed by atoms with Gasteiger partial charge in [-0.05, 0) is 24.2 Å². The molecule has 0 aliphatic heterocycles. The van der Waals surface area contributed by atoms with Gasteiger partial charge in [0.25, 0.3) is 0 Å². The number of carboxylic acids is 1. The van der Waals surface area contributed by atoms with E-state index < -0.39 is 5.97 Å². The molecular formula is C12H17N3O2. The molecule has 2 atom stereocenters. The minimum Gasteiger partial charge on any atom is -0.481 e. The molecule has 3 rings (SSSR count). The number of nitrogens with zero attached hydrogens (tertiary/aromatic N) is 3. The Morgan fingerprint density at radius 3 is 2.82 bits per heavy atom. The third-order valence-corrected chi connectivity index (χ3v) is 4.11. The minimum absolute atomic E-state index is 0.0213. The average Bonchev–Trinajstić information content (AvgIpc) is 3.05. The lowest BCUT2D eigenvalue weighted by Gasteiger charge is -1.97. The highest BCUT2D eigenvalue weighted by molar-refractivity contribution is 5.77. The summed E-state index contributed by atoms with van der Waals surface area (Å²) >= 11 is 0. The Labute approximate surface area is 99.8 Å². The molecule has 2 saturated carbocycles. The van der Waals surface area contributed by atoms with Crippen LogP contribution in [0.25, 0.3) is 0 Å². The second-order valence-electron chi connectivity index (χ2n) is 5.92. The van der Waals surface area contributed by atoms with Crippen molar-refractivity contribution in [2.24, 2.45) is 17.3 Å². The van der Waals surface area contributed by atoms with Crippen molar-refractivity contribution in [2.45, 2.75) is 39.2 Å². The molecule has 1 N–H and O–H groups in total. The normalized spacial score (nSPS) is 30.2. The fourth-order valence-corrected chi connectivity index (χ4v) is 2.76. The monoisotopic (exact) mass is 235 g/mol. The average molecular weight is 235 g/mol. The van der Waals surface area contributed by atoms with Crippen LogP contribution >= 0.6 is 0 Å². The van der Waals surface area contributed by atoms with E-state index in [4.69, 9.17) is 5.11 Å². The third kappa shape index (κ3) is 1.73. The van der Waals surface area contributed by atoms with Crippen LogP contribution < -0.4 is 0 Å². The van der Waals surface area contributed by atoms with Gasteiger partial charge < -0.3 is 5.11 Å². The van der Waals surface area contributed by atoms with Crippen molar-refractivity contribution in [1.82, 2.24) is 15.0 Å². The summed E-state index contributed by atoms with van der Waals surface area (Å²) in [4.78, 5) is 11.1. The lowest BCUT2D eigenvalue weighted by atomic mass is 10.1. The van der Waals surface area contributed by atoms with Gasteiger partial charge in [-0.1, -0.05) is 19.1 Å². The van der Waals surface area contributed by atoms with Crippen LogP contribution in [0.2, 0.25) is 0 Å².